The molecule has 1 fully saturated rings. The molecule has 6 nitrogen and oxygen atoms in total. The summed E-state index contributed by atoms with van der Waals surface area (Å²) in [6, 6.07) is 8.65. The van der Waals surface area contributed by atoms with Crippen LogP contribution < -0.4 is 10.1 Å². The van der Waals surface area contributed by atoms with Gasteiger partial charge in [0, 0.05) is 50.3 Å². The average Bonchev–Trinajstić information content (AvgIpc) is 3.08. The molecule has 1 aliphatic heterocycles. The van der Waals surface area contributed by atoms with Gasteiger partial charge in [0.25, 0.3) is 5.92 Å². The second-order valence-electron chi connectivity index (χ2n) is 7.23. The van der Waals surface area contributed by atoms with Gasteiger partial charge < -0.3 is 10.1 Å². The monoisotopic (exact) mass is 376 g/mol. The van der Waals surface area contributed by atoms with Crippen molar-refractivity contribution in [2.45, 2.75) is 43.9 Å². The summed E-state index contributed by atoms with van der Waals surface area (Å²) < 4.78 is 33.2. The molecule has 1 aromatic heterocycles. The van der Waals surface area contributed by atoms with E-state index in [1.54, 1.807) is 18.0 Å². The molecule has 2 aromatic rings. The number of ether oxygens (including phenoxy) is 1. The SMILES string of the molecule is COc1ccccc1CN1Cc2ccnn2[C@H](C(=O)NC2CC(F)(F)C2)C1. The van der Waals surface area contributed by atoms with E-state index in [1.807, 2.05) is 30.3 Å². The van der Waals surface area contributed by atoms with E-state index in [4.69, 9.17) is 4.74 Å². The second-order valence-corrected chi connectivity index (χ2v) is 7.23. The molecule has 144 valence electrons. The summed E-state index contributed by atoms with van der Waals surface area (Å²) in [6.45, 7) is 1.74. The average molecular weight is 376 g/mol. The minimum atomic E-state index is -2.66. The van der Waals surface area contributed by atoms with E-state index in [0.29, 0.717) is 19.6 Å². The van der Waals surface area contributed by atoms with Crippen molar-refractivity contribution in [3.05, 3.63) is 47.8 Å². The zero-order valence-electron chi connectivity index (χ0n) is 15.1. The largest absolute Gasteiger partial charge is 0.496 e. The molecule has 2 heterocycles. The summed E-state index contributed by atoms with van der Waals surface area (Å²) in [5.41, 5.74) is 1.96. The number of nitrogens with one attached hydrogen (secondary N) is 1. The van der Waals surface area contributed by atoms with Crippen molar-refractivity contribution in [1.29, 1.82) is 0 Å². The number of alkyl halides is 2. The fraction of sp³-hybridized carbons (Fsp3) is 0.474. The molecule has 2 aliphatic rings. The molecule has 1 amide bonds. The van der Waals surface area contributed by atoms with Gasteiger partial charge in [-0.25, -0.2) is 8.78 Å². The number of methoxy groups -OCH3 is 1. The highest BCUT2D eigenvalue weighted by Crippen LogP contribution is 2.37. The fourth-order valence-electron chi connectivity index (χ4n) is 3.81. The highest BCUT2D eigenvalue weighted by Gasteiger charge is 2.46. The molecule has 1 aromatic carbocycles. The molecule has 0 radical (unpaired) electrons. The Morgan fingerprint density at radius 2 is 2.11 bits per heavy atom. The Morgan fingerprint density at radius 3 is 2.85 bits per heavy atom. The lowest BCUT2D eigenvalue weighted by atomic mass is 9.88. The Hall–Kier alpha value is -2.48. The summed E-state index contributed by atoms with van der Waals surface area (Å²) in [6.07, 6.45) is 1.09. The minimum Gasteiger partial charge on any atom is -0.496 e. The molecule has 0 saturated heterocycles. The van der Waals surface area contributed by atoms with Crippen LogP contribution in [0.4, 0.5) is 8.78 Å². The van der Waals surface area contributed by atoms with Gasteiger partial charge in [0.1, 0.15) is 11.8 Å². The van der Waals surface area contributed by atoms with Crippen molar-refractivity contribution >= 4 is 5.91 Å². The number of halogens is 2. The third-order valence-corrected chi connectivity index (χ3v) is 5.19. The maximum atomic E-state index is 13.1. The van der Waals surface area contributed by atoms with Crippen LogP contribution in [0.2, 0.25) is 0 Å². The highest BCUT2D eigenvalue weighted by molar-refractivity contribution is 5.81. The number of benzene rings is 1. The van der Waals surface area contributed by atoms with E-state index in [-0.39, 0.29) is 18.7 Å². The van der Waals surface area contributed by atoms with Crippen molar-refractivity contribution in [2.24, 2.45) is 0 Å². The van der Waals surface area contributed by atoms with Gasteiger partial charge in [-0.2, -0.15) is 5.10 Å². The number of hydrogen-bond acceptors (Lipinski definition) is 4. The zero-order chi connectivity index (χ0) is 19.0. The van der Waals surface area contributed by atoms with Crippen LogP contribution in [0.25, 0.3) is 0 Å². The first-order valence-corrected chi connectivity index (χ1v) is 9.00. The summed E-state index contributed by atoms with van der Waals surface area (Å²) in [7, 11) is 1.63. The first-order chi connectivity index (χ1) is 12.9. The number of aromatic nitrogens is 2. The Morgan fingerprint density at radius 1 is 1.33 bits per heavy atom. The maximum absolute atomic E-state index is 13.1. The lowest BCUT2D eigenvalue weighted by Crippen LogP contribution is -2.54. The van der Waals surface area contributed by atoms with E-state index >= 15 is 0 Å². The molecule has 27 heavy (non-hydrogen) atoms. The maximum Gasteiger partial charge on any atom is 0.252 e. The summed E-state index contributed by atoms with van der Waals surface area (Å²) in [4.78, 5) is 14.9. The topological polar surface area (TPSA) is 59.4 Å². The van der Waals surface area contributed by atoms with E-state index in [0.717, 1.165) is 17.0 Å². The van der Waals surface area contributed by atoms with Crippen LogP contribution in [0.5, 0.6) is 5.75 Å². The molecular weight excluding hydrogens is 354 g/mol. The molecule has 0 bridgehead atoms. The molecule has 0 unspecified atom stereocenters. The second kappa shape index (κ2) is 6.92. The molecule has 4 rings (SSSR count). The predicted molar refractivity (Wildman–Crippen MR) is 94.5 cm³/mol. The number of amides is 1. The fourth-order valence-corrected chi connectivity index (χ4v) is 3.81. The number of nitrogens with zero attached hydrogens (tertiary/aromatic N) is 3. The smallest absolute Gasteiger partial charge is 0.252 e. The normalized spacial score (nSPS) is 22.0. The Bertz CT molecular complexity index is 831. The first-order valence-electron chi connectivity index (χ1n) is 9.00. The van der Waals surface area contributed by atoms with E-state index in [1.165, 1.54) is 0 Å². The van der Waals surface area contributed by atoms with Crippen LogP contribution in [-0.4, -0.2) is 46.2 Å². The van der Waals surface area contributed by atoms with Gasteiger partial charge in [-0.05, 0) is 12.1 Å². The van der Waals surface area contributed by atoms with Crippen molar-refractivity contribution < 1.29 is 18.3 Å². The molecule has 1 aliphatic carbocycles. The lowest BCUT2D eigenvalue weighted by Gasteiger charge is -2.38. The van der Waals surface area contributed by atoms with E-state index in [9.17, 15) is 13.6 Å². The number of carbonyl (C=O) groups is 1. The van der Waals surface area contributed by atoms with Crippen molar-refractivity contribution in [2.75, 3.05) is 13.7 Å². The number of fused-ring (bicyclic) bond motifs is 1. The van der Waals surface area contributed by atoms with E-state index < -0.39 is 18.0 Å². The van der Waals surface area contributed by atoms with Gasteiger partial charge in [0.15, 0.2) is 0 Å². The Kier molecular flexibility index (Phi) is 4.59. The number of hydrogen-bond donors (Lipinski definition) is 1. The van der Waals surface area contributed by atoms with Gasteiger partial charge in [-0.15, -0.1) is 0 Å². The predicted octanol–water partition coefficient (Wildman–Crippen LogP) is 2.36. The Labute approximate surface area is 156 Å². The molecule has 1 atom stereocenters. The van der Waals surface area contributed by atoms with Gasteiger partial charge in [0.05, 0.1) is 12.8 Å². The van der Waals surface area contributed by atoms with Crippen LogP contribution in [0.3, 0.4) is 0 Å². The van der Waals surface area contributed by atoms with Gasteiger partial charge in [-0.3, -0.25) is 14.4 Å². The van der Waals surface area contributed by atoms with Gasteiger partial charge in [0.2, 0.25) is 5.91 Å². The summed E-state index contributed by atoms with van der Waals surface area (Å²) in [5.74, 6) is -2.11. The Balaban J connectivity index is 1.48. The van der Waals surface area contributed by atoms with E-state index in [2.05, 4.69) is 15.3 Å². The number of carbonyl (C=O) groups excluding carboxylic acids is 1. The van der Waals surface area contributed by atoms with Crippen molar-refractivity contribution in [1.82, 2.24) is 20.0 Å². The summed E-state index contributed by atoms with van der Waals surface area (Å²) >= 11 is 0. The van der Waals surface area contributed by atoms with Crippen LogP contribution >= 0.6 is 0 Å². The molecule has 1 N–H and O–H groups in total. The summed E-state index contributed by atoms with van der Waals surface area (Å²) in [5, 5.41) is 7.02. The van der Waals surface area contributed by atoms with Crippen LogP contribution in [0.1, 0.15) is 30.1 Å². The van der Waals surface area contributed by atoms with Crippen molar-refractivity contribution in [3.63, 3.8) is 0 Å². The first kappa shape index (κ1) is 17.9. The molecule has 8 heteroatoms. The quantitative estimate of drug-likeness (QED) is 0.870. The van der Waals surface area contributed by atoms with Crippen LogP contribution in [-0.2, 0) is 17.9 Å². The highest BCUT2D eigenvalue weighted by atomic mass is 19.3. The molecule has 0 spiro atoms. The van der Waals surface area contributed by atoms with Gasteiger partial charge >= 0.3 is 0 Å². The van der Waals surface area contributed by atoms with Crippen molar-refractivity contribution in [3.8, 4) is 5.75 Å². The number of para-hydroxylation sites is 1. The minimum absolute atomic E-state index is 0.259. The van der Waals surface area contributed by atoms with Gasteiger partial charge in [-0.1, -0.05) is 18.2 Å². The number of rotatable bonds is 5. The molecular formula is C19H22F2N4O2. The zero-order valence-corrected chi connectivity index (χ0v) is 15.1. The lowest BCUT2D eigenvalue weighted by molar-refractivity contribution is -0.133. The van der Waals surface area contributed by atoms with Crippen LogP contribution in [0, 0.1) is 0 Å². The third kappa shape index (κ3) is 3.66. The standard InChI is InChI=1S/C19H22F2N4O2/c1-27-17-5-3-2-4-13(17)10-24-11-15-6-7-22-25(15)16(12-24)18(26)23-14-8-19(20,21)9-14/h2-7,14,16H,8-12H2,1H3,(H,23,26)/t16-/m0/s1. The van der Waals surface area contributed by atoms with Crippen LogP contribution in [0.15, 0.2) is 36.5 Å². The molecule has 1 saturated carbocycles. The third-order valence-electron chi connectivity index (χ3n) is 5.19.